The van der Waals surface area contributed by atoms with Crippen molar-refractivity contribution < 1.29 is 4.74 Å². The summed E-state index contributed by atoms with van der Waals surface area (Å²) in [5, 5.41) is 3.44. The zero-order valence-corrected chi connectivity index (χ0v) is 14.8. The van der Waals surface area contributed by atoms with E-state index in [1.807, 2.05) is 13.1 Å². The van der Waals surface area contributed by atoms with Gasteiger partial charge in [0.15, 0.2) is 0 Å². The second-order valence-electron chi connectivity index (χ2n) is 5.43. The fourth-order valence-electron chi connectivity index (χ4n) is 2.99. The van der Waals surface area contributed by atoms with Crippen LogP contribution in [0.15, 0.2) is 34.8 Å². The van der Waals surface area contributed by atoms with Crippen molar-refractivity contribution >= 4 is 15.9 Å². The average Bonchev–Trinajstić information content (AvgIpc) is 2.42. The molecule has 112 valence electrons. The Morgan fingerprint density at radius 3 is 2.14 bits per heavy atom. The van der Waals surface area contributed by atoms with Gasteiger partial charge in [-0.25, -0.2) is 0 Å². The van der Waals surface area contributed by atoms with Crippen molar-refractivity contribution in [3.8, 4) is 5.75 Å². The number of hydrogen-bond donors (Lipinski definition) is 1. The fourth-order valence-corrected chi connectivity index (χ4v) is 3.54. The fraction of sp³-hybridized carbons (Fsp3) is 0.333. The van der Waals surface area contributed by atoms with Crippen molar-refractivity contribution in [1.82, 2.24) is 5.32 Å². The van der Waals surface area contributed by atoms with Crippen molar-refractivity contribution in [2.45, 2.75) is 26.8 Å². The average molecular weight is 348 g/mol. The number of aryl methyl sites for hydroxylation is 3. The van der Waals surface area contributed by atoms with Crippen LogP contribution in [0.5, 0.6) is 5.75 Å². The van der Waals surface area contributed by atoms with E-state index in [4.69, 9.17) is 4.74 Å². The highest BCUT2D eigenvalue weighted by molar-refractivity contribution is 9.10. The largest absolute Gasteiger partial charge is 0.496 e. The standard InChI is InChI=1S/C18H22BrNO/c1-11-8-12(2)17(13(3)9-11)18(20-4)14-6-7-16(21-5)15(19)10-14/h6-10,18,20H,1-5H3. The Bertz CT molecular complexity index is 629. The van der Waals surface area contributed by atoms with Gasteiger partial charge in [0.1, 0.15) is 5.75 Å². The molecule has 0 spiro atoms. The summed E-state index contributed by atoms with van der Waals surface area (Å²) < 4.78 is 6.29. The Morgan fingerprint density at radius 2 is 1.67 bits per heavy atom. The number of methoxy groups -OCH3 is 1. The van der Waals surface area contributed by atoms with Crippen molar-refractivity contribution in [3.63, 3.8) is 0 Å². The minimum atomic E-state index is 0.174. The van der Waals surface area contributed by atoms with E-state index in [9.17, 15) is 0 Å². The van der Waals surface area contributed by atoms with Gasteiger partial charge >= 0.3 is 0 Å². The molecule has 0 heterocycles. The first-order valence-corrected chi connectivity index (χ1v) is 7.85. The SMILES string of the molecule is CNC(c1ccc(OC)c(Br)c1)c1c(C)cc(C)cc1C. The highest BCUT2D eigenvalue weighted by Gasteiger charge is 2.18. The highest BCUT2D eigenvalue weighted by atomic mass is 79.9. The molecule has 0 aliphatic carbocycles. The third kappa shape index (κ3) is 3.30. The second-order valence-corrected chi connectivity index (χ2v) is 6.28. The maximum Gasteiger partial charge on any atom is 0.133 e. The molecule has 1 unspecified atom stereocenters. The number of benzene rings is 2. The molecule has 0 bridgehead atoms. The van der Waals surface area contributed by atoms with Gasteiger partial charge in [-0.2, -0.15) is 0 Å². The summed E-state index contributed by atoms with van der Waals surface area (Å²) in [5.74, 6) is 0.853. The molecule has 0 amide bonds. The molecule has 3 heteroatoms. The van der Waals surface area contributed by atoms with Crippen LogP contribution in [0.4, 0.5) is 0 Å². The molecule has 0 saturated heterocycles. The zero-order valence-electron chi connectivity index (χ0n) is 13.3. The van der Waals surface area contributed by atoms with Gasteiger partial charge in [-0.1, -0.05) is 23.8 Å². The molecule has 21 heavy (non-hydrogen) atoms. The zero-order chi connectivity index (χ0) is 15.6. The molecule has 0 fully saturated rings. The van der Waals surface area contributed by atoms with Gasteiger partial charge in [-0.15, -0.1) is 0 Å². The summed E-state index contributed by atoms with van der Waals surface area (Å²) in [5.41, 5.74) is 6.51. The second kappa shape index (κ2) is 6.63. The van der Waals surface area contributed by atoms with Crippen molar-refractivity contribution in [3.05, 3.63) is 62.6 Å². The minimum Gasteiger partial charge on any atom is -0.496 e. The van der Waals surface area contributed by atoms with E-state index in [1.165, 1.54) is 27.8 Å². The van der Waals surface area contributed by atoms with Crippen molar-refractivity contribution in [1.29, 1.82) is 0 Å². The maximum atomic E-state index is 5.31. The monoisotopic (exact) mass is 347 g/mol. The number of nitrogens with one attached hydrogen (secondary N) is 1. The Hall–Kier alpha value is -1.32. The van der Waals surface area contributed by atoms with E-state index in [0.717, 1.165) is 10.2 Å². The first-order valence-electron chi connectivity index (χ1n) is 7.06. The molecule has 0 aromatic heterocycles. The van der Waals surface area contributed by atoms with Crippen molar-refractivity contribution in [2.75, 3.05) is 14.2 Å². The lowest BCUT2D eigenvalue weighted by Gasteiger charge is -2.23. The number of halogens is 1. The van der Waals surface area contributed by atoms with Crippen LogP contribution in [0.25, 0.3) is 0 Å². The van der Waals surface area contributed by atoms with Gasteiger partial charge in [-0.05, 0) is 78.1 Å². The van der Waals surface area contributed by atoms with E-state index in [2.05, 4.69) is 66.3 Å². The molecule has 2 rings (SSSR count). The van der Waals surface area contributed by atoms with Crippen LogP contribution < -0.4 is 10.1 Å². The topological polar surface area (TPSA) is 21.3 Å². The lowest BCUT2D eigenvalue weighted by molar-refractivity contribution is 0.412. The lowest BCUT2D eigenvalue weighted by atomic mass is 9.90. The summed E-state index contributed by atoms with van der Waals surface area (Å²) in [6, 6.07) is 10.9. The molecule has 0 saturated carbocycles. The molecular weight excluding hydrogens is 326 g/mol. The number of hydrogen-bond acceptors (Lipinski definition) is 2. The third-order valence-corrected chi connectivity index (χ3v) is 4.44. The molecule has 2 aromatic rings. The van der Waals surface area contributed by atoms with Gasteiger partial charge in [0, 0.05) is 0 Å². The van der Waals surface area contributed by atoms with Crippen LogP contribution in [0.3, 0.4) is 0 Å². The van der Waals surface area contributed by atoms with Crippen LogP contribution in [0, 0.1) is 20.8 Å². The van der Waals surface area contributed by atoms with Gasteiger partial charge in [-0.3, -0.25) is 0 Å². The number of rotatable bonds is 4. The molecule has 0 aliphatic rings. The van der Waals surface area contributed by atoms with E-state index in [0.29, 0.717) is 0 Å². The molecule has 2 nitrogen and oxygen atoms in total. The predicted molar refractivity (Wildman–Crippen MR) is 92.2 cm³/mol. The molecule has 2 aromatic carbocycles. The third-order valence-electron chi connectivity index (χ3n) is 3.82. The van der Waals surface area contributed by atoms with Crippen LogP contribution in [-0.4, -0.2) is 14.2 Å². The summed E-state index contributed by atoms with van der Waals surface area (Å²) in [6.07, 6.45) is 0. The summed E-state index contributed by atoms with van der Waals surface area (Å²) in [4.78, 5) is 0. The van der Waals surface area contributed by atoms with Crippen LogP contribution >= 0.6 is 15.9 Å². The summed E-state index contributed by atoms with van der Waals surface area (Å²) in [6.45, 7) is 6.50. The van der Waals surface area contributed by atoms with E-state index in [-0.39, 0.29) is 6.04 Å². The van der Waals surface area contributed by atoms with Crippen LogP contribution in [0.2, 0.25) is 0 Å². The lowest BCUT2D eigenvalue weighted by Crippen LogP contribution is -2.20. The summed E-state index contributed by atoms with van der Waals surface area (Å²) >= 11 is 3.57. The summed E-state index contributed by atoms with van der Waals surface area (Å²) in [7, 11) is 3.69. The minimum absolute atomic E-state index is 0.174. The molecule has 1 atom stereocenters. The normalized spacial score (nSPS) is 12.3. The van der Waals surface area contributed by atoms with E-state index >= 15 is 0 Å². The molecular formula is C18H22BrNO. The van der Waals surface area contributed by atoms with E-state index in [1.54, 1.807) is 7.11 Å². The van der Waals surface area contributed by atoms with E-state index < -0.39 is 0 Å². The Morgan fingerprint density at radius 1 is 1.05 bits per heavy atom. The first kappa shape index (κ1) is 16.1. The Balaban J connectivity index is 2.52. The van der Waals surface area contributed by atoms with Gasteiger partial charge in [0.2, 0.25) is 0 Å². The highest BCUT2D eigenvalue weighted by Crippen LogP contribution is 2.33. The predicted octanol–water partition coefficient (Wildman–Crippen LogP) is 4.69. The smallest absolute Gasteiger partial charge is 0.133 e. The van der Waals surface area contributed by atoms with Gasteiger partial charge in [0.05, 0.1) is 17.6 Å². The molecule has 0 aliphatic heterocycles. The van der Waals surface area contributed by atoms with Gasteiger partial charge in [0.25, 0.3) is 0 Å². The quantitative estimate of drug-likeness (QED) is 0.865. The first-order chi connectivity index (χ1) is 9.97. The number of ether oxygens (including phenoxy) is 1. The Kier molecular flexibility index (Phi) is 5.07. The Labute approximate surface area is 135 Å². The maximum absolute atomic E-state index is 5.31. The molecule has 0 radical (unpaired) electrons. The van der Waals surface area contributed by atoms with Gasteiger partial charge < -0.3 is 10.1 Å². The van der Waals surface area contributed by atoms with Crippen LogP contribution in [-0.2, 0) is 0 Å². The molecule has 1 N–H and O–H groups in total. The van der Waals surface area contributed by atoms with Crippen LogP contribution in [0.1, 0.15) is 33.9 Å². The van der Waals surface area contributed by atoms with Crippen molar-refractivity contribution in [2.24, 2.45) is 0 Å².